The topological polar surface area (TPSA) is 81.2 Å². The predicted molar refractivity (Wildman–Crippen MR) is 52.7 cm³/mol. The Morgan fingerprint density at radius 1 is 1.64 bits per heavy atom. The van der Waals surface area contributed by atoms with Crippen LogP contribution in [0.5, 0.6) is 0 Å². The van der Waals surface area contributed by atoms with E-state index in [2.05, 4.69) is 15.3 Å². The molecule has 0 aliphatic rings. The summed E-state index contributed by atoms with van der Waals surface area (Å²) in [4.78, 5) is 7.07. The van der Waals surface area contributed by atoms with E-state index in [1.54, 1.807) is 13.3 Å². The summed E-state index contributed by atoms with van der Waals surface area (Å²) in [6.45, 7) is 4.20. The second kappa shape index (κ2) is 4.54. The van der Waals surface area contributed by atoms with Crippen LogP contribution < -0.4 is 5.32 Å². The van der Waals surface area contributed by atoms with Crippen LogP contribution in [0, 0.1) is 6.92 Å². The van der Waals surface area contributed by atoms with Crippen molar-refractivity contribution < 1.29 is 10.2 Å². The number of nitrogens with one attached hydrogen (secondary N) is 2. The molecule has 0 bridgehead atoms. The fraction of sp³-hybridized carbons (Fsp3) is 0.667. The number of hydrogen-bond acceptors (Lipinski definition) is 4. The normalized spacial score (nSPS) is 15.4. The van der Waals surface area contributed by atoms with Gasteiger partial charge in [-0.1, -0.05) is 0 Å². The van der Waals surface area contributed by atoms with Gasteiger partial charge in [0.2, 0.25) is 0 Å². The lowest BCUT2D eigenvalue weighted by Crippen LogP contribution is -2.40. The molecule has 4 N–H and O–H groups in total. The van der Waals surface area contributed by atoms with Gasteiger partial charge in [0.15, 0.2) is 0 Å². The van der Waals surface area contributed by atoms with Crippen molar-refractivity contribution in [3.05, 3.63) is 17.7 Å². The zero-order valence-electron chi connectivity index (χ0n) is 8.54. The molecule has 0 amide bonds. The third-order valence-corrected chi connectivity index (χ3v) is 2.07. The standard InChI is InChI=1S/C9H17N3O2/c1-7-8(12-6-11-7)3-10-4-9(2,14)5-13/h6,10,13-14H,3-5H2,1-2H3,(H,11,12). The van der Waals surface area contributed by atoms with Crippen molar-refractivity contribution in [1.29, 1.82) is 0 Å². The quantitative estimate of drug-likeness (QED) is 0.518. The van der Waals surface area contributed by atoms with Crippen molar-refractivity contribution in [2.75, 3.05) is 13.2 Å². The second-order valence-electron chi connectivity index (χ2n) is 3.73. The van der Waals surface area contributed by atoms with Crippen LogP contribution in [0.2, 0.25) is 0 Å². The number of H-pyrrole nitrogens is 1. The molecule has 0 radical (unpaired) electrons. The Hall–Kier alpha value is -0.910. The zero-order valence-corrected chi connectivity index (χ0v) is 8.54. The van der Waals surface area contributed by atoms with Crippen LogP contribution in [0.15, 0.2) is 6.33 Å². The highest BCUT2D eigenvalue weighted by atomic mass is 16.3. The van der Waals surface area contributed by atoms with Gasteiger partial charge in [-0.25, -0.2) is 4.98 Å². The first-order valence-electron chi connectivity index (χ1n) is 4.58. The molecular weight excluding hydrogens is 182 g/mol. The van der Waals surface area contributed by atoms with Gasteiger partial charge in [0.1, 0.15) is 0 Å². The molecule has 14 heavy (non-hydrogen) atoms. The molecule has 0 aliphatic heterocycles. The summed E-state index contributed by atoms with van der Waals surface area (Å²) in [6, 6.07) is 0. The lowest BCUT2D eigenvalue weighted by Gasteiger charge is -2.20. The monoisotopic (exact) mass is 199 g/mol. The number of aromatic amines is 1. The highest BCUT2D eigenvalue weighted by Gasteiger charge is 2.18. The number of aromatic nitrogens is 2. The molecule has 0 aliphatic carbocycles. The first kappa shape index (κ1) is 11.2. The molecule has 0 spiro atoms. The fourth-order valence-corrected chi connectivity index (χ4v) is 1.07. The van der Waals surface area contributed by atoms with Gasteiger partial charge in [-0.15, -0.1) is 0 Å². The Bertz CT molecular complexity index is 283. The van der Waals surface area contributed by atoms with Crippen molar-refractivity contribution in [2.45, 2.75) is 26.0 Å². The number of rotatable bonds is 5. The Morgan fingerprint density at radius 2 is 2.36 bits per heavy atom. The summed E-state index contributed by atoms with van der Waals surface area (Å²) in [5.74, 6) is 0. The molecule has 80 valence electrons. The second-order valence-corrected chi connectivity index (χ2v) is 3.73. The number of imidazole rings is 1. The summed E-state index contributed by atoms with van der Waals surface area (Å²) in [6.07, 6.45) is 1.64. The Kier molecular flexibility index (Phi) is 3.62. The molecule has 1 atom stereocenters. The van der Waals surface area contributed by atoms with E-state index in [0.717, 1.165) is 11.4 Å². The highest BCUT2D eigenvalue weighted by Crippen LogP contribution is 2.02. The fourth-order valence-electron chi connectivity index (χ4n) is 1.07. The van der Waals surface area contributed by atoms with E-state index in [1.165, 1.54) is 0 Å². The summed E-state index contributed by atoms with van der Waals surface area (Å²) < 4.78 is 0. The maximum absolute atomic E-state index is 9.48. The Balaban J connectivity index is 2.32. The summed E-state index contributed by atoms with van der Waals surface area (Å²) >= 11 is 0. The van der Waals surface area contributed by atoms with Gasteiger partial charge in [0, 0.05) is 18.8 Å². The first-order chi connectivity index (χ1) is 6.55. The molecule has 1 aromatic heterocycles. The molecule has 1 unspecified atom stereocenters. The van der Waals surface area contributed by atoms with Crippen LogP contribution in [0.1, 0.15) is 18.3 Å². The van der Waals surface area contributed by atoms with Gasteiger partial charge in [0.25, 0.3) is 0 Å². The van der Waals surface area contributed by atoms with Crippen molar-refractivity contribution in [3.63, 3.8) is 0 Å². The predicted octanol–water partition coefficient (Wildman–Crippen LogP) is -0.449. The number of aliphatic hydroxyl groups is 2. The summed E-state index contributed by atoms with van der Waals surface area (Å²) in [5.41, 5.74) is 0.879. The molecular formula is C9H17N3O2. The lowest BCUT2D eigenvalue weighted by atomic mass is 10.1. The van der Waals surface area contributed by atoms with Crippen LogP contribution in [-0.4, -0.2) is 38.9 Å². The maximum Gasteiger partial charge on any atom is 0.0972 e. The largest absolute Gasteiger partial charge is 0.393 e. The van der Waals surface area contributed by atoms with Crippen LogP contribution >= 0.6 is 0 Å². The Labute approximate surface area is 83.2 Å². The van der Waals surface area contributed by atoms with Crippen molar-refractivity contribution in [3.8, 4) is 0 Å². The zero-order chi connectivity index (χ0) is 10.6. The molecule has 0 saturated carbocycles. The van der Waals surface area contributed by atoms with Crippen LogP contribution in [-0.2, 0) is 6.54 Å². The SMILES string of the molecule is Cc1[nH]cnc1CNCC(C)(O)CO. The molecule has 5 heteroatoms. The van der Waals surface area contributed by atoms with Crippen LogP contribution in [0.25, 0.3) is 0 Å². The van der Waals surface area contributed by atoms with Gasteiger partial charge < -0.3 is 20.5 Å². The molecule has 0 saturated heterocycles. The van der Waals surface area contributed by atoms with Gasteiger partial charge in [0.05, 0.1) is 24.2 Å². The minimum atomic E-state index is -1.07. The molecule has 1 heterocycles. The van der Waals surface area contributed by atoms with Crippen LogP contribution in [0.3, 0.4) is 0 Å². The van der Waals surface area contributed by atoms with E-state index in [-0.39, 0.29) is 6.61 Å². The number of hydrogen-bond donors (Lipinski definition) is 4. The van der Waals surface area contributed by atoms with Gasteiger partial charge in [-0.05, 0) is 13.8 Å². The minimum Gasteiger partial charge on any atom is -0.393 e. The van der Waals surface area contributed by atoms with Gasteiger partial charge >= 0.3 is 0 Å². The lowest BCUT2D eigenvalue weighted by molar-refractivity contribution is 0.00248. The van der Waals surface area contributed by atoms with Gasteiger partial charge in [-0.2, -0.15) is 0 Å². The van der Waals surface area contributed by atoms with E-state index in [4.69, 9.17) is 5.11 Å². The average Bonchev–Trinajstić information content (AvgIpc) is 2.52. The van der Waals surface area contributed by atoms with E-state index in [9.17, 15) is 5.11 Å². The number of aryl methyl sites for hydroxylation is 1. The van der Waals surface area contributed by atoms with E-state index in [0.29, 0.717) is 13.1 Å². The van der Waals surface area contributed by atoms with Crippen LogP contribution in [0.4, 0.5) is 0 Å². The van der Waals surface area contributed by atoms with E-state index in [1.807, 2.05) is 6.92 Å². The third-order valence-electron chi connectivity index (χ3n) is 2.07. The highest BCUT2D eigenvalue weighted by molar-refractivity contribution is 5.08. The molecule has 0 aromatic carbocycles. The number of aliphatic hydroxyl groups excluding tert-OH is 1. The molecule has 5 nitrogen and oxygen atoms in total. The summed E-state index contributed by atoms with van der Waals surface area (Å²) in [5, 5.41) is 21.3. The maximum atomic E-state index is 9.48. The van der Waals surface area contributed by atoms with Crippen molar-refractivity contribution in [1.82, 2.24) is 15.3 Å². The molecule has 0 fully saturated rings. The summed E-state index contributed by atoms with van der Waals surface area (Å²) in [7, 11) is 0. The van der Waals surface area contributed by atoms with E-state index < -0.39 is 5.60 Å². The molecule has 1 rings (SSSR count). The van der Waals surface area contributed by atoms with Crippen molar-refractivity contribution >= 4 is 0 Å². The van der Waals surface area contributed by atoms with E-state index >= 15 is 0 Å². The average molecular weight is 199 g/mol. The third kappa shape index (κ3) is 3.10. The molecule has 1 aromatic rings. The van der Waals surface area contributed by atoms with Crippen molar-refractivity contribution in [2.24, 2.45) is 0 Å². The minimum absolute atomic E-state index is 0.250. The Morgan fingerprint density at radius 3 is 2.86 bits per heavy atom. The number of nitrogens with zero attached hydrogens (tertiary/aromatic N) is 1. The smallest absolute Gasteiger partial charge is 0.0972 e. The first-order valence-corrected chi connectivity index (χ1v) is 4.58. The van der Waals surface area contributed by atoms with Gasteiger partial charge in [-0.3, -0.25) is 0 Å².